The smallest absolute Gasteiger partial charge is 0.212 e. The lowest BCUT2D eigenvalue weighted by Crippen LogP contribution is -2.42. The summed E-state index contributed by atoms with van der Waals surface area (Å²) in [5.74, 6) is 0.195. The minimum absolute atomic E-state index is 0.195. The highest BCUT2D eigenvalue weighted by atomic mass is 32.2. The SMILES string of the molecule is CCCCS(=O)(=O)N1CCCC(N=C=O)C1. The Morgan fingerprint density at radius 2 is 2.25 bits per heavy atom. The maximum atomic E-state index is 11.9. The van der Waals surface area contributed by atoms with Gasteiger partial charge in [0, 0.05) is 13.1 Å². The first-order valence-electron chi connectivity index (χ1n) is 5.65. The maximum Gasteiger partial charge on any atom is 0.235 e. The molecule has 0 aromatic rings. The molecular weight excluding hydrogens is 228 g/mol. The van der Waals surface area contributed by atoms with E-state index in [-0.39, 0.29) is 11.8 Å². The lowest BCUT2D eigenvalue weighted by molar-refractivity contribution is 0.316. The molecule has 0 amide bonds. The summed E-state index contributed by atoms with van der Waals surface area (Å²) in [6, 6.07) is -0.206. The quantitative estimate of drug-likeness (QED) is 0.535. The number of rotatable bonds is 5. The highest BCUT2D eigenvalue weighted by Crippen LogP contribution is 2.17. The van der Waals surface area contributed by atoms with Gasteiger partial charge >= 0.3 is 0 Å². The van der Waals surface area contributed by atoms with Gasteiger partial charge in [-0.3, -0.25) is 0 Å². The predicted octanol–water partition coefficient (Wildman–Crippen LogP) is 0.917. The first kappa shape index (κ1) is 13.4. The van der Waals surface area contributed by atoms with E-state index in [1.165, 1.54) is 10.4 Å². The fourth-order valence-electron chi connectivity index (χ4n) is 1.81. The van der Waals surface area contributed by atoms with Crippen LogP contribution in [-0.2, 0) is 14.8 Å². The standard InChI is InChI=1S/C10H18N2O3S/c1-2-3-7-16(14,15)12-6-4-5-10(8-12)11-9-13/h10H,2-8H2,1H3. The second-order valence-corrected chi connectivity index (χ2v) is 6.13. The lowest BCUT2D eigenvalue weighted by atomic mass is 10.1. The monoisotopic (exact) mass is 246 g/mol. The molecule has 0 saturated carbocycles. The van der Waals surface area contributed by atoms with Gasteiger partial charge < -0.3 is 0 Å². The number of unbranched alkanes of at least 4 members (excludes halogenated alkanes) is 1. The molecule has 1 aliphatic rings. The van der Waals surface area contributed by atoms with E-state index in [4.69, 9.17) is 0 Å². The van der Waals surface area contributed by atoms with E-state index in [2.05, 4.69) is 4.99 Å². The second kappa shape index (κ2) is 6.13. The van der Waals surface area contributed by atoms with Gasteiger partial charge in [0.2, 0.25) is 16.1 Å². The van der Waals surface area contributed by atoms with Crippen molar-refractivity contribution in [3.8, 4) is 0 Å². The van der Waals surface area contributed by atoms with E-state index >= 15 is 0 Å². The van der Waals surface area contributed by atoms with Gasteiger partial charge in [0.25, 0.3) is 0 Å². The van der Waals surface area contributed by atoms with Crippen molar-refractivity contribution < 1.29 is 13.2 Å². The highest BCUT2D eigenvalue weighted by Gasteiger charge is 2.28. The second-order valence-electron chi connectivity index (χ2n) is 4.04. The summed E-state index contributed by atoms with van der Waals surface area (Å²) in [4.78, 5) is 13.8. The van der Waals surface area contributed by atoms with Gasteiger partial charge in [-0.25, -0.2) is 18.2 Å². The van der Waals surface area contributed by atoms with Crippen molar-refractivity contribution >= 4 is 16.1 Å². The zero-order valence-corrected chi connectivity index (χ0v) is 10.4. The number of isocyanates is 1. The molecule has 0 aliphatic carbocycles. The fraction of sp³-hybridized carbons (Fsp3) is 0.900. The average molecular weight is 246 g/mol. The molecule has 0 N–H and O–H groups in total. The third-order valence-electron chi connectivity index (χ3n) is 2.74. The number of hydrogen-bond donors (Lipinski definition) is 0. The van der Waals surface area contributed by atoms with E-state index in [0.717, 1.165) is 19.3 Å². The Bertz CT molecular complexity index is 360. The van der Waals surface area contributed by atoms with Crippen molar-refractivity contribution in [2.75, 3.05) is 18.8 Å². The number of hydrogen-bond acceptors (Lipinski definition) is 4. The normalized spacial score (nSPS) is 22.7. The van der Waals surface area contributed by atoms with Gasteiger partial charge in [-0.05, 0) is 19.3 Å². The van der Waals surface area contributed by atoms with Crippen molar-refractivity contribution in [3.63, 3.8) is 0 Å². The molecule has 0 aromatic carbocycles. The van der Waals surface area contributed by atoms with Crippen LogP contribution in [0.1, 0.15) is 32.6 Å². The van der Waals surface area contributed by atoms with Gasteiger partial charge in [0.05, 0.1) is 11.8 Å². The topological polar surface area (TPSA) is 66.8 Å². The molecule has 92 valence electrons. The molecule has 0 bridgehead atoms. The van der Waals surface area contributed by atoms with E-state index in [1.54, 1.807) is 0 Å². The fourth-order valence-corrected chi connectivity index (χ4v) is 3.53. The summed E-state index contributed by atoms with van der Waals surface area (Å²) in [5, 5.41) is 0. The minimum Gasteiger partial charge on any atom is -0.212 e. The Morgan fingerprint density at radius 3 is 2.88 bits per heavy atom. The van der Waals surface area contributed by atoms with Crippen molar-refractivity contribution in [3.05, 3.63) is 0 Å². The summed E-state index contributed by atoms with van der Waals surface area (Å²) in [6.45, 7) is 2.85. The van der Waals surface area contributed by atoms with Crippen molar-refractivity contribution in [2.45, 2.75) is 38.6 Å². The molecule has 0 spiro atoms. The Kier molecular flexibility index (Phi) is 5.12. The third kappa shape index (κ3) is 3.70. The minimum atomic E-state index is -3.15. The average Bonchev–Trinajstić information content (AvgIpc) is 2.27. The third-order valence-corrected chi connectivity index (χ3v) is 4.67. The van der Waals surface area contributed by atoms with E-state index in [0.29, 0.717) is 19.5 Å². The van der Waals surface area contributed by atoms with Gasteiger partial charge in [0.1, 0.15) is 0 Å². The van der Waals surface area contributed by atoms with E-state index < -0.39 is 10.0 Å². The van der Waals surface area contributed by atoms with Crippen LogP contribution >= 0.6 is 0 Å². The van der Waals surface area contributed by atoms with Crippen molar-refractivity contribution in [1.82, 2.24) is 4.31 Å². The first-order valence-corrected chi connectivity index (χ1v) is 7.26. The number of piperidine rings is 1. The van der Waals surface area contributed by atoms with Gasteiger partial charge in [-0.1, -0.05) is 13.3 Å². The number of aliphatic imine (C=N–C) groups is 1. The van der Waals surface area contributed by atoms with Crippen LogP contribution in [0.2, 0.25) is 0 Å². The van der Waals surface area contributed by atoms with Crippen LogP contribution in [0.15, 0.2) is 4.99 Å². The Hall–Kier alpha value is -0.710. The molecule has 0 aromatic heterocycles. The van der Waals surface area contributed by atoms with Crippen LogP contribution in [0.5, 0.6) is 0 Å². The van der Waals surface area contributed by atoms with E-state index in [1.807, 2.05) is 6.92 Å². The van der Waals surface area contributed by atoms with Gasteiger partial charge in [-0.2, -0.15) is 4.31 Å². The zero-order valence-electron chi connectivity index (χ0n) is 9.55. The summed E-state index contributed by atoms with van der Waals surface area (Å²) in [5.41, 5.74) is 0. The summed E-state index contributed by atoms with van der Waals surface area (Å²) in [6.07, 6.45) is 4.59. The predicted molar refractivity (Wildman–Crippen MR) is 61.4 cm³/mol. The molecule has 16 heavy (non-hydrogen) atoms. The maximum absolute atomic E-state index is 11.9. The lowest BCUT2D eigenvalue weighted by Gasteiger charge is -2.29. The molecule has 1 saturated heterocycles. The summed E-state index contributed by atoms with van der Waals surface area (Å²) in [7, 11) is -3.15. The summed E-state index contributed by atoms with van der Waals surface area (Å²) >= 11 is 0. The Balaban J connectivity index is 2.62. The molecule has 6 heteroatoms. The molecule has 1 atom stereocenters. The molecule has 1 rings (SSSR count). The highest BCUT2D eigenvalue weighted by molar-refractivity contribution is 7.89. The van der Waals surface area contributed by atoms with Crippen molar-refractivity contribution in [2.24, 2.45) is 4.99 Å². The Morgan fingerprint density at radius 1 is 1.50 bits per heavy atom. The number of nitrogens with zero attached hydrogens (tertiary/aromatic N) is 2. The Labute approximate surface area is 96.6 Å². The van der Waals surface area contributed by atoms with E-state index in [9.17, 15) is 13.2 Å². The molecule has 0 radical (unpaired) electrons. The first-order chi connectivity index (χ1) is 7.60. The summed E-state index contributed by atoms with van der Waals surface area (Å²) < 4.78 is 25.2. The molecule has 1 heterocycles. The van der Waals surface area contributed by atoms with Crippen LogP contribution in [0.4, 0.5) is 0 Å². The van der Waals surface area contributed by atoms with Crippen molar-refractivity contribution in [1.29, 1.82) is 0 Å². The van der Waals surface area contributed by atoms with Crippen LogP contribution in [-0.4, -0.2) is 43.7 Å². The number of carbonyl (C=O) groups excluding carboxylic acids is 1. The van der Waals surface area contributed by atoms with Crippen LogP contribution in [0.3, 0.4) is 0 Å². The van der Waals surface area contributed by atoms with Crippen LogP contribution < -0.4 is 0 Å². The zero-order chi connectivity index (χ0) is 12.0. The van der Waals surface area contributed by atoms with Crippen LogP contribution in [0, 0.1) is 0 Å². The molecular formula is C10H18N2O3S. The van der Waals surface area contributed by atoms with Gasteiger partial charge in [0.15, 0.2) is 0 Å². The largest absolute Gasteiger partial charge is 0.235 e. The van der Waals surface area contributed by atoms with Gasteiger partial charge in [-0.15, -0.1) is 0 Å². The molecule has 1 aliphatic heterocycles. The molecule has 1 unspecified atom stereocenters. The van der Waals surface area contributed by atoms with Crippen LogP contribution in [0.25, 0.3) is 0 Å². The molecule has 1 fully saturated rings. The molecule has 5 nitrogen and oxygen atoms in total. The number of sulfonamides is 1.